The SMILES string of the molecule is CCCn1ncnc1CC(NN)c1cccc(C)c1I. The summed E-state index contributed by atoms with van der Waals surface area (Å²) in [6.45, 7) is 5.13. The fourth-order valence-corrected chi connectivity index (χ4v) is 2.96. The number of nitrogens with one attached hydrogen (secondary N) is 1. The molecule has 1 aromatic carbocycles. The lowest BCUT2D eigenvalue weighted by molar-refractivity contribution is 0.497. The molecule has 0 aliphatic carbocycles. The number of hydrogen-bond donors (Lipinski definition) is 2. The van der Waals surface area contributed by atoms with Crippen molar-refractivity contribution in [2.45, 2.75) is 39.3 Å². The quantitative estimate of drug-likeness (QED) is 0.455. The van der Waals surface area contributed by atoms with Crippen LogP contribution in [0.2, 0.25) is 0 Å². The summed E-state index contributed by atoms with van der Waals surface area (Å²) in [5, 5.41) is 4.26. The Labute approximate surface area is 133 Å². The van der Waals surface area contributed by atoms with Gasteiger partial charge < -0.3 is 0 Å². The molecule has 20 heavy (non-hydrogen) atoms. The maximum Gasteiger partial charge on any atom is 0.138 e. The molecule has 0 fully saturated rings. The van der Waals surface area contributed by atoms with Crippen molar-refractivity contribution in [3.05, 3.63) is 45.0 Å². The molecule has 2 aromatic rings. The average Bonchev–Trinajstić information content (AvgIpc) is 2.87. The minimum Gasteiger partial charge on any atom is -0.271 e. The molecule has 2 rings (SSSR count). The summed E-state index contributed by atoms with van der Waals surface area (Å²) < 4.78 is 3.20. The largest absolute Gasteiger partial charge is 0.271 e. The Bertz CT molecular complexity index is 566. The highest BCUT2D eigenvalue weighted by molar-refractivity contribution is 14.1. The second-order valence-corrected chi connectivity index (χ2v) is 5.88. The zero-order valence-corrected chi connectivity index (χ0v) is 14.0. The van der Waals surface area contributed by atoms with E-state index >= 15 is 0 Å². The fourth-order valence-electron chi connectivity index (χ4n) is 2.23. The molecule has 1 heterocycles. The van der Waals surface area contributed by atoms with Crippen molar-refractivity contribution >= 4 is 22.6 Å². The van der Waals surface area contributed by atoms with E-state index in [2.05, 4.69) is 70.1 Å². The molecule has 0 bridgehead atoms. The van der Waals surface area contributed by atoms with Crippen LogP contribution in [0, 0.1) is 10.5 Å². The number of hydrogen-bond acceptors (Lipinski definition) is 4. The third kappa shape index (κ3) is 3.36. The third-order valence-electron chi connectivity index (χ3n) is 3.32. The van der Waals surface area contributed by atoms with Crippen molar-refractivity contribution in [3.63, 3.8) is 0 Å². The number of hydrazine groups is 1. The van der Waals surface area contributed by atoms with Gasteiger partial charge in [0.25, 0.3) is 0 Å². The van der Waals surface area contributed by atoms with Gasteiger partial charge in [0.05, 0.1) is 6.04 Å². The van der Waals surface area contributed by atoms with Crippen LogP contribution < -0.4 is 11.3 Å². The predicted molar refractivity (Wildman–Crippen MR) is 88.0 cm³/mol. The Morgan fingerprint density at radius 2 is 2.25 bits per heavy atom. The summed E-state index contributed by atoms with van der Waals surface area (Å²) in [4.78, 5) is 4.35. The van der Waals surface area contributed by atoms with Gasteiger partial charge in [0.15, 0.2) is 0 Å². The van der Waals surface area contributed by atoms with E-state index in [0.717, 1.165) is 25.2 Å². The van der Waals surface area contributed by atoms with E-state index < -0.39 is 0 Å². The summed E-state index contributed by atoms with van der Waals surface area (Å²) in [6, 6.07) is 6.33. The molecule has 1 unspecified atom stereocenters. The normalized spacial score (nSPS) is 12.6. The third-order valence-corrected chi connectivity index (χ3v) is 4.79. The van der Waals surface area contributed by atoms with Crippen LogP contribution in [0.1, 0.15) is 36.3 Å². The van der Waals surface area contributed by atoms with Gasteiger partial charge in [-0.15, -0.1) is 0 Å². The molecule has 1 aromatic heterocycles. The van der Waals surface area contributed by atoms with Gasteiger partial charge in [0.2, 0.25) is 0 Å². The molecule has 0 aliphatic heterocycles. The first-order valence-electron chi connectivity index (χ1n) is 6.75. The summed E-state index contributed by atoms with van der Waals surface area (Å²) in [6.07, 6.45) is 3.38. The fraction of sp³-hybridized carbons (Fsp3) is 0.429. The van der Waals surface area contributed by atoms with Crippen LogP contribution in [0.3, 0.4) is 0 Å². The minimum absolute atomic E-state index is 0.0432. The van der Waals surface area contributed by atoms with Crippen LogP contribution in [-0.4, -0.2) is 14.8 Å². The number of nitrogens with two attached hydrogens (primary N) is 1. The number of benzene rings is 1. The topological polar surface area (TPSA) is 68.8 Å². The Kier molecular flexibility index (Phi) is 5.50. The van der Waals surface area contributed by atoms with Gasteiger partial charge in [0.1, 0.15) is 12.2 Å². The van der Waals surface area contributed by atoms with E-state index in [1.165, 1.54) is 14.7 Å². The van der Waals surface area contributed by atoms with Gasteiger partial charge in [0, 0.05) is 16.5 Å². The number of rotatable bonds is 6. The van der Waals surface area contributed by atoms with Gasteiger partial charge in [-0.25, -0.2) is 4.98 Å². The molecule has 5 nitrogen and oxygen atoms in total. The van der Waals surface area contributed by atoms with Crippen molar-refractivity contribution in [2.24, 2.45) is 5.84 Å². The molecule has 0 aliphatic rings. The van der Waals surface area contributed by atoms with Crippen molar-refractivity contribution in [2.75, 3.05) is 0 Å². The number of aryl methyl sites for hydroxylation is 2. The Morgan fingerprint density at radius 1 is 1.45 bits per heavy atom. The van der Waals surface area contributed by atoms with Gasteiger partial charge in [-0.1, -0.05) is 25.1 Å². The first kappa shape index (κ1) is 15.4. The first-order valence-corrected chi connectivity index (χ1v) is 7.83. The van der Waals surface area contributed by atoms with Crippen molar-refractivity contribution < 1.29 is 0 Å². The van der Waals surface area contributed by atoms with Crippen molar-refractivity contribution in [1.29, 1.82) is 0 Å². The summed E-state index contributed by atoms with van der Waals surface area (Å²) >= 11 is 2.37. The second-order valence-electron chi connectivity index (χ2n) is 4.80. The van der Waals surface area contributed by atoms with Gasteiger partial charge in [-0.05, 0) is 47.1 Å². The van der Waals surface area contributed by atoms with Crippen LogP contribution in [0.4, 0.5) is 0 Å². The highest BCUT2D eigenvalue weighted by Crippen LogP contribution is 2.24. The van der Waals surface area contributed by atoms with E-state index in [-0.39, 0.29) is 6.04 Å². The lowest BCUT2D eigenvalue weighted by atomic mass is 10.0. The maximum atomic E-state index is 5.75. The molecule has 108 valence electrons. The van der Waals surface area contributed by atoms with Gasteiger partial charge >= 0.3 is 0 Å². The van der Waals surface area contributed by atoms with Crippen LogP contribution in [-0.2, 0) is 13.0 Å². The van der Waals surface area contributed by atoms with Crippen LogP contribution in [0.15, 0.2) is 24.5 Å². The van der Waals surface area contributed by atoms with Crippen molar-refractivity contribution in [1.82, 2.24) is 20.2 Å². The molecular weight excluding hydrogens is 365 g/mol. The van der Waals surface area contributed by atoms with Crippen LogP contribution in [0.5, 0.6) is 0 Å². The molecule has 3 N–H and O–H groups in total. The van der Waals surface area contributed by atoms with Crippen molar-refractivity contribution in [3.8, 4) is 0 Å². The minimum atomic E-state index is 0.0432. The first-order chi connectivity index (χ1) is 9.67. The molecule has 1 atom stereocenters. The summed E-state index contributed by atoms with van der Waals surface area (Å²) in [7, 11) is 0. The highest BCUT2D eigenvalue weighted by Gasteiger charge is 2.17. The standard InChI is InChI=1S/C14H20IN5/c1-3-7-20-13(17-9-18-20)8-12(19-16)11-6-4-5-10(2)14(11)15/h4-6,9,12,19H,3,7-8,16H2,1-2H3. The summed E-state index contributed by atoms with van der Waals surface area (Å²) in [5.41, 5.74) is 5.38. The molecule has 0 radical (unpaired) electrons. The molecule has 6 heteroatoms. The Balaban J connectivity index is 2.24. The number of aromatic nitrogens is 3. The van der Waals surface area contributed by atoms with E-state index in [1.807, 2.05) is 4.68 Å². The van der Waals surface area contributed by atoms with E-state index in [0.29, 0.717) is 0 Å². The van der Waals surface area contributed by atoms with Crippen LogP contribution in [0.25, 0.3) is 0 Å². The monoisotopic (exact) mass is 385 g/mol. The van der Waals surface area contributed by atoms with E-state index in [9.17, 15) is 0 Å². The summed E-state index contributed by atoms with van der Waals surface area (Å²) in [5.74, 6) is 6.72. The average molecular weight is 385 g/mol. The van der Waals surface area contributed by atoms with E-state index in [4.69, 9.17) is 5.84 Å². The lowest BCUT2D eigenvalue weighted by Crippen LogP contribution is -2.31. The van der Waals surface area contributed by atoms with Gasteiger partial charge in [-0.3, -0.25) is 16.0 Å². The Morgan fingerprint density at radius 3 is 2.95 bits per heavy atom. The highest BCUT2D eigenvalue weighted by atomic mass is 127. The van der Waals surface area contributed by atoms with Gasteiger partial charge in [-0.2, -0.15) is 5.10 Å². The number of halogens is 1. The molecule has 0 saturated heterocycles. The number of nitrogens with zero attached hydrogens (tertiary/aromatic N) is 3. The van der Waals surface area contributed by atoms with Crippen LogP contribution >= 0.6 is 22.6 Å². The second kappa shape index (κ2) is 7.14. The molecule has 0 saturated carbocycles. The lowest BCUT2D eigenvalue weighted by Gasteiger charge is -2.18. The zero-order valence-electron chi connectivity index (χ0n) is 11.8. The smallest absolute Gasteiger partial charge is 0.138 e. The maximum absolute atomic E-state index is 5.75. The molecule has 0 spiro atoms. The predicted octanol–water partition coefficient (Wildman–Crippen LogP) is 2.35. The molecule has 0 amide bonds. The Hall–Kier alpha value is -0.990. The molecular formula is C14H20IN5. The zero-order chi connectivity index (χ0) is 14.5. The van der Waals surface area contributed by atoms with E-state index in [1.54, 1.807) is 6.33 Å².